The van der Waals surface area contributed by atoms with Crippen molar-refractivity contribution in [2.24, 2.45) is 0 Å². The monoisotopic (exact) mass is 438 g/mol. The van der Waals surface area contributed by atoms with E-state index in [2.05, 4.69) is 16.9 Å². The number of hydrogen-bond donors (Lipinski definition) is 0. The highest BCUT2D eigenvalue weighted by atomic mass is 19.2. The maximum atomic E-state index is 15.1. The van der Waals surface area contributed by atoms with Gasteiger partial charge < -0.3 is 0 Å². The topological polar surface area (TPSA) is 25.8 Å². The van der Waals surface area contributed by atoms with Gasteiger partial charge in [-0.2, -0.15) is 0 Å². The Hall–Kier alpha value is -3.28. The third-order valence-corrected chi connectivity index (χ3v) is 5.54. The van der Waals surface area contributed by atoms with Crippen molar-refractivity contribution in [3.8, 4) is 11.4 Å². The fraction of sp³-hybridized carbons (Fsp3) is 0.231. The SMILES string of the molecule is CCCCc1cnc(-c2ccc3c(F)c(CCc4cc(F)c(F)c(F)c4)ccc3c2)nc1. The van der Waals surface area contributed by atoms with E-state index in [-0.39, 0.29) is 24.2 Å². The Bertz CT molecular complexity index is 1230. The van der Waals surface area contributed by atoms with Gasteiger partial charge in [-0.3, -0.25) is 0 Å². The molecule has 0 unspecified atom stereocenters. The van der Waals surface area contributed by atoms with E-state index in [9.17, 15) is 13.2 Å². The number of rotatable bonds is 7. The molecule has 2 nitrogen and oxygen atoms in total. The van der Waals surface area contributed by atoms with Gasteiger partial charge in [0.1, 0.15) is 5.82 Å². The van der Waals surface area contributed by atoms with E-state index >= 15 is 4.39 Å². The van der Waals surface area contributed by atoms with Gasteiger partial charge in [0.15, 0.2) is 23.3 Å². The molecule has 3 aromatic carbocycles. The van der Waals surface area contributed by atoms with Crippen LogP contribution < -0.4 is 0 Å². The first kappa shape index (κ1) is 21.9. The van der Waals surface area contributed by atoms with Crippen molar-refractivity contribution in [2.45, 2.75) is 39.0 Å². The maximum absolute atomic E-state index is 15.1. The molecule has 164 valence electrons. The molecule has 0 saturated heterocycles. The molecule has 4 aromatic rings. The molecule has 0 amide bonds. The van der Waals surface area contributed by atoms with Crippen LogP contribution in [0.2, 0.25) is 0 Å². The molecule has 1 aromatic heterocycles. The molecule has 0 aliphatic rings. The van der Waals surface area contributed by atoms with Crippen molar-refractivity contribution in [2.75, 3.05) is 0 Å². The summed E-state index contributed by atoms with van der Waals surface area (Å²) < 4.78 is 55.0. The van der Waals surface area contributed by atoms with Crippen LogP contribution in [0.4, 0.5) is 17.6 Å². The van der Waals surface area contributed by atoms with E-state index in [4.69, 9.17) is 0 Å². The van der Waals surface area contributed by atoms with E-state index in [1.54, 1.807) is 24.3 Å². The van der Waals surface area contributed by atoms with Gasteiger partial charge in [0, 0.05) is 23.3 Å². The molecule has 0 saturated carbocycles. The average Bonchev–Trinajstić information content (AvgIpc) is 2.81. The zero-order chi connectivity index (χ0) is 22.7. The molecule has 6 heteroatoms. The molecule has 32 heavy (non-hydrogen) atoms. The van der Waals surface area contributed by atoms with E-state index < -0.39 is 17.5 Å². The summed E-state index contributed by atoms with van der Waals surface area (Å²) in [5.41, 5.74) is 2.58. The van der Waals surface area contributed by atoms with E-state index in [1.807, 2.05) is 18.5 Å². The molecule has 0 fully saturated rings. The largest absolute Gasteiger partial charge is 0.236 e. The quantitative estimate of drug-likeness (QED) is 0.230. The Kier molecular flexibility index (Phi) is 6.49. The van der Waals surface area contributed by atoms with Crippen LogP contribution in [0.25, 0.3) is 22.2 Å². The fourth-order valence-corrected chi connectivity index (χ4v) is 3.71. The summed E-state index contributed by atoms with van der Waals surface area (Å²) in [6.45, 7) is 2.14. The first-order valence-corrected chi connectivity index (χ1v) is 10.6. The van der Waals surface area contributed by atoms with Crippen molar-refractivity contribution in [1.82, 2.24) is 9.97 Å². The number of benzene rings is 3. The number of fused-ring (bicyclic) bond motifs is 1. The normalized spacial score (nSPS) is 11.3. The summed E-state index contributed by atoms with van der Waals surface area (Å²) in [5, 5.41) is 1.16. The molecule has 0 N–H and O–H groups in total. The molecule has 0 atom stereocenters. The fourth-order valence-electron chi connectivity index (χ4n) is 3.71. The Balaban J connectivity index is 1.54. The minimum Gasteiger partial charge on any atom is -0.236 e. The zero-order valence-electron chi connectivity index (χ0n) is 17.6. The molecule has 0 spiro atoms. The second-order valence-corrected chi connectivity index (χ2v) is 7.87. The van der Waals surface area contributed by atoms with Crippen LogP contribution >= 0.6 is 0 Å². The smallest absolute Gasteiger partial charge is 0.194 e. The third kappa shape index (κ3) is 4.64. The van der Waals surface area contributed by atoms with Gasteiger partial charge in [-0.05, 0) is 66.0 Å². The highest BCUT2D eigenvalue weighted by molar-refractivity contribution is 5.87. The van der Waals surface area contributed by atoms with Crippen molar-refractivity contribution in [3.63, 3.8) is 0 Å². The Labute approximate surface area is 184 Å². The van der Waals surface area contributed by atoms with E-state index in [1.165, 1.54) is 0 Å². The van der Waals surface area contributed by atoms with Crippen LogP contribution in [0, 0.1) is 23.3 Å². The van der Waals surface area contributed by atoms with Gasteiger partial charge in [0.25, 0.3) is 0 Å². The lowest BCUT2D eigenvalue weighted by Gasteiger charge is -2.09. The van der Waals surface area contributed by atoms with E-state index in [0.717, 1.165) is 42.5 Å². The van der Waals surface area contributed by atoms with Crippen molar-refractivity contribution < 1.29 is 17.6 Å². The van der Waals surface area contributed by atoms with Crippen LogP contribution in [0.1, 0.15) is 36.5 Å². The lowest BCUT2D eigenvalue weighted by atomic mass is 9.99. The van der Waals surface area contributed by atoms with Crippen LogP contribution in [0.15, 0.2) is 54.9 Å². The van der Waals surface area contributed by atoms with Gasteiger partial charge in [-0.1, -0.05) is 37.6 Å². The van der Waals surface area contributed by atoms with Gasteiger partial charge in [0.05, 0.1) is 0 Å². The average molecular weight is 438 g/mol. The zero-order valence-corrected chi connectivity index (χ0v) is 17.6. The number of unbranched alkanes of at least 4 members (excludes halogenated alkanes) is 1. The maximum Gasteiger partial charge on any atom is 0.194 e. The van der Waals surface area contributed by atoms with Crippen LogP contribution in [0.3, 0.4) is 0 Å². The van der Waals surface area contributed by atoms with Gasteiger partial charge in [-0.25, -0.2) is 27.5 Å². The second-order valence-electron chi connectivity index (χ2n) is 7.87. The van der Waals surface area contributed by atoms with Crippen molar-refractivity contribution in [1.29, 1.82) is 0 Å². The van der Waals surface area contributed by atoms with Crippen molar-refractivity contribution in [3.05, 3.63) is 94.8 Å². The molecule has 0 bridgehead atoms. The van der Waals surface area contributed by atoms with Gasteiger partial charge >= 0.3 is 0 Å². The molecular formula is C26H22F4N2. The Morgan fingerprint density at radius 1 is 0.719 bits per heavy atom. The minimum absolute atomic E-state index is 0.187. The number of hydrogen-bond acceptors (Lipinski definition) is 2. The molecule has 0 aliphatic heterocycles. The first-order chi connectivity index (χ1) is 15.5. The highest BCUT2D eigenvalue weighted by Crippen LogP contribution is 2.27. The highest BCUT2D eigenvalue weighted by Gasteiger charge is 2.13. The minimum atomic E-state index is -1.50. The Morgan fingerprint density at radius 3 is 2.12 bits per heavy atom. The summed E-state index contributed by atoms with van der Waals surface area (Å²) in [4.78, 5) is 8.88. The Morgan fingerprint density at radius 2 is 1.44 bits per heavy atom. The molecule has 0 radical (unpaired) electrons. The number of halogens is 4. The molecular weight excluding hydrogens is 416 g/mol. The standard InChI is InChI=1S/C26H22F4N2/c1-2-3-4-17-14-31-26(32-15-17)20-9-10-21-19(13-20)8-7-18(24(21)29)6-5-16-11-22(27)25(30)23(28)12-16/h7-15H,2-6H2,1H3. The predicted molar refractivity (Wildman–Crippen MR) is 117 cm³/mol. The third-order valence-electron chi connectivity index (χ3n) is 5.54. The summed E-state index contributed by atoms with van der Waals surface area (Å²) in [7, 11) is 0. The molecule has 0 aliphatic carbocycles. The van der Waals surface area contributed by atoms with Gasteiger partial charge in [-0.15, -0.1) is 0 Å². The van der Waals surface area contributed by atoms with Crippen LogP contribution in [-0.2, 0) is 19.3 Å². The molecule has 4 rings (SSSR count). The van der Waals surface area contributed by atoms with Crippen LogP contribution in [0.5, 0.6) is 0 Å². The van der Waals surface area contributed by atoms with E-state index in [0.29, 0.717) is 22.2 Å². The first-order valence-electron chi connectivity index (χ1n) is 10.6. The summed E-state index contributed by atoms with van der Waals surface area (Å²) in [6.07, 6.45) is 7.21. The summed E-state index contributed by atoms with van der Waals surface area (Å²) in [5.74, 6) is -3.79. The number of aryl methyl sites for hydroxylation is 3. The lowest BCUT2D eigenvalue weighted by molar-refractivity contribution is 0.445. The van der Waals surface area contributed by atoms with Gasteiger partial charge in [0.2, 0.25) is 0 Å². The molecule has 1 heterocycles. The predicted octanol–water partition coefficient (Wildman–Crippen LogP) is 6.98. The van der Waals surface area contributed by atoms with Crippen molar-refractivity contribution >= 4 is 10.8 Å². The number of aromatic nitrogens is 2. The second kappa shape index (κ2) is 9.47. The summed E-state index contributed by atoms with van der Waals surface area (Å²) >= 11 is 0. The summed E-state index contributed by atoms with van der Waals surface area (Å²) in [6, 6.07) is 10.7. The number of nitrogens with zero attached hydrogens (tertiary/aromatic N) is 2. The van der Waals surface area contributed by atoms with Crippen LogP contribution in [-0.4, -0.2) is 9.97 Å². The lowest BCUT2D eigenvalue weighted by Crippen LogP contribution is -1.99.